The van der Waals surface area contributed by atoms with Gasteiger partial charge in [-0.2, -0.15) is 0 Å². The maximum absolute atomic E-state index is 10.9. The number of benzene rings is 1. The Balaban J connectivity index is 2.25. The first-order valence-corrected chi connectivity index (χ1v) is 6.18. The van der Waals surface area contributed by atoms with Crippen LogP contribution in [-0.2, 0) is 4.79 Å². The van der Waals surface area contributed by atoms with Gasteiger partial charge in [0.05, 0.1) is 12.0 Å². The first-order valence-electron chi connectivity index (χ1n) is 6.18. The topological polar surface area (TPSA) is 72.7 Å². The second-order valence-electron chi connectivity index (χ2n) is 4.60. The van der Waals surface area contributed by atoms with Crippen LogP contribution in [0.15, 0.2) is 18.2 Å². The van der Waals surface area contributed by atoms with E-state index in [2.05, 4.69) is 4.90 Å². The van der Waals surface area contributed by atoms with E-state index in [1.165, 1.54) is 13.2 Å². The summed E-state index contributed by atoms with van der Waals surface area (Å²) in [5.74, 6) is 0.283. The van der Waals surface area contributed by atoms with Gasteiger partial charge in [-0.3, -0.25) is 10.1 Å². The fraction of sp³-hybridized carbons (Fsp3) is 0.462. The highest BCUT2D eigenvalue weighted by Crippen LogP contribution is 2.32. The minimum atomic E-state index is -0.465. The molecule has 19 heavy (non-hydrogen) atoms. The number of rotatable bonds is 4. The lowest BCUT2D eigenvalue weighted by Crippen LogP contribution is -2.35. The highest BCUT2D eigenvalue weighted by Gasteiger charge is 2.22. The molecular formula is C13H16N2O4. The molecule has 1 heterocycles. The number of carbonyl (C=O) groups excluding carboxylic acids is 1. The van der Waals surface area contributed by atoms with Gasteiger partial charge >= 0.3 is 5.69 Å². The van der Waals surface area contributed by atoms with E-state index in [1.54, 1.807) is 12.1 Å². The minimum absolute atomic E-state index is 0.0370. The number of nitrogens with zero attached hydrogens (tertiary/aromatic N) is 2. The largest absolute Gasteiger partial charge is 0.490 e. The number of nitro benzene ring substituents is 1. The van der Waals surface area contributed by atoms with Crippen molar-refractivity contribution >= 4 is 17.7 Å². The number of hydrogen-bond donors (Lipinski definition) is 0. The zero-order valence-electron chi connectivity index (χ0n) is 10.7. The van der Waals surface area contributed by atoms with Crippen LogP contribution in [0.1, 0.15) is 12.8 Å². The molecule has 2 rings (SSSR count). The Hall–Kier alpha value is -2.11. The molecule has 1 fully saturated rings. The third-order valence-electron chi connectivity index (χ3n) is 3.38. The SMILES string of the molecule is COc1cc(N2CCCC(C=O)C2)ccc1[N+](=O)[O-]. The van der Waals surface area contributed by atoms with E-state index >= 15 is 0 Å². The maximum atomic E-state index is 10.9. The van der Waals surface area contributed by atoms with Crippen LogP contribution in [0, 0.1) is 16.0 Å². The first kappa shape index (κ1) is 13.3. The number of aldehydes is 1. The van der Waals surface area contributed by atoms with Crippen molar-refractivity contribution in [1.82, 2.24) is 0 Å². The van der Waals surface area contributed by atoms with Crippen molar-refractivity contribution in [3.05, 3.63) is 28.3 Å². The molecule has 1 atom stereocenters. The van der Waals surface area contributed by atoms with Crippen molar-refractivity contribution in [2.45, 2.75) is 12.8 Å². The Morgan fingerprint density at radius 3 is 2.95 bits per heavy atom. The summed E-state index contributed by atoms with van der Waals surface area (Å²) in [5, 5.41) is 10.8. The lowest BCUT2D eigenvalue weighted by atomic mass is 9.99. The molecular weight excluding hydrogens is 248 g/mol. The average Bonchev–Trinajstić information content (AvgIpc) is 2.46. The monoisotopic (exact) mass is 264 g/mol. The normalized spacial score (nSPS) is 19.0. The molecule has 0 aliphatic carbocycles. The van der Waals surface area contributed by atoms with Crippen LogP contribution in [0.4, 0.5) is 11.4 Å². The second kappa shape index (κ2) is 5.69. The van der Waals surface area contributed by atoms with Crippen molar-refractivity contribution < 1.29 is 14.5 Å². The van der Waals surface area contributed by atoms with Gasteiger partial charge in [-0.1, -0.05) is 0 Å². The van der Waals surface area contributed by atoms with Gasteiger partial charge < -0.3 is 14.4 Å². The van der Waals surface area contributed by atoms with Crippen LogP contribution in [0.2, 0.25) is 0 Å². The van der Waals surface area contributed by atoms with Gasteiger partial charge in [-0.15, -0.1) is 0 Å². The number of methoxy groups -OCH3 is 1. The third-order valence-corrected chi connectivity index (χ3v) is 3.38. The minimum Gasteiger partial charge on any atom is -0.490 e. The molecule has 1 unspecified atom stereocenters. The van der Waals surface area contributed by atoms with E-state index in [9.17, 15) is 14.9 Å². The van der Waals surface area contributed by atoms with Crippen LogP contribution in [0.3, 0.4) is 0 Å². The quantitative estimate of drug-likeness (QED) is 0.472. The molecule has 0 radical (unpaired) electrons. The van der Waals surface area contributed by atoms with Crippen LogP contribution in [0.5, 0.6) is 5.75 Å². The highest BCUT2D eigenvalue weighted by atomic mass is 16.6. The van der Waals surface area contributed by atoms with E-state index in [0.29, 0.717) is 6.54 Å². The van der Waals surface area contributed by atoms with Gasteiger partial charge in [0.2, 0.25) is 0 Å². The number of hydrogen-bond acceptors (Lipinski definition) is 5. The molecule has 0 aromatic heterocycles. The summed E-state index contributed by atoms with van der Waals surface area (Å²) in [6, 6.07) is 4.80. The molecule has 6 heteroatoms. The van der Waals surface area contributed by atoms with Crippen LogP contribution in [-0.4, -0.2) is 31.4 Å². The zero-order chi connectivity index (χ0) is 13.8. The summed E-state index contributed by atoms with van der Waals surface area (Å²) in [6.07, 6.45) is 2.83. The maximum Gasteiger partial charge on any atom is 0.311 e. The lowest BCUT2D eigenvalue weighted by Gasteiger charge is -2.32. The molecule has 0 bridgehead atoms. The summed E-state index contributed by atoms with van der Waals surface area (Å²) >= 11 is 0. The lowest BCUT2D eigenvalue weighted by molar-refractivity contribution is -0.385. The third kappa shape index (κ3) is 2.83. The number of anilines is 1. The number of ether oxygens (including phenoxy) is 1. The Morgan fingerprint density at radius 1 is 1.53 bits per heavy atom. The predicted molar refractivity (Wildman–Crippen MR) is 70.6 cm³/mol. The number of nitro groups is 1. The molecule has 1 aliphatic rings. The molecule has 1 aromatic carbocycles. The van der Waals surface area contributed by atoms with Gasteiger partial charge in [0, 0.05) is 36.8 Å². The van der Waals surface area contributed by atoms with Gasteiger partial charge in [-0.25, -0.2) is 0 Å². The molecule has 1 aromatic rings. The summed E-state index contributed by atoms with van der Waals surface area (Å²) in [6.45, 7) is 1.51. The highest BCUT2D eigenvalue weighted by molar-refractivity contribution is 5.61. The fourth-order valence-electron chi connectivity index (χ4n) is 2.37. The summed E-state index contributed by atoms with van der Waals surface area (Å²) in [4.78, 5) is 23.3. The first-order chi connectivity index (χ1) is 9.15. The second-order valence-corrected chi connectivity index (χ2v) is 4.60. The molecule has 1 saturated heterocycles. The van der Waals surface area contributed by atoms with Gasteiger partial charge in [0.1, 0.15) is 6.29 Å². The van der Waals surface area contributed by atoms with E-state index in [1.807, 2.05) is 0 Å². The van der Waals surface area contributed by atoms with Crippen LogP contribution in [0.25, 0.3) is 0 Å². The molecule has 1 aliphatic heterocycles. The summed E-state index contributed by atoms with van der Waals surface area (Å²) in [5.41, 5.74) is 0.809. The fourth-order valence-corrected chi connectivity index (χ4v) is 2.37. The van der Waals surface area contributed by atoms with Crippen molar-refractivity contribution in [3.63, 3.8) is 0 Å². The van der Waals surface area contributed by atoms with Crippen LogP contribution < -0.4 is 9.64 Å². The molecule has 102 valence electrons. The van der Waals surface area contributed by atoms with E-state index in [4.69, 9.17) is 4.74 Å². The Bertz CT molecular complexity index is 490. The smallest absolute Gasteiger partial charge is 0.311 e. The molecule has 0 amide bonds. The summed E-state index contributed by atoms with van der Waals surface area (Å²) < 4.78 is 5.05. The number of piperidine rings is 1. The van der Waals surface area contributed by atoms with Crippen molar-refractivity contribution in [3.8, 4) is 5.75 Å². The van der Waals surface area contributed by atoms with E-state index in [-0.39, 0.29) is 17.4 Å². The van der Waals surface area contributed by atoms with Gasteiger partial charge in [-0.05, 0) is 18.9 Å². The zero-order valence-corrected chi connectivity index (χ0v) is 10.7. The molecule has 6 nitrogen and oxygen atoms in total. The van der Waals surface area contributed by atoms with E-state index in [0.717, 1.165) is 31.4 Å². The standard InChI is InChI=1S/C13H16N2O4/c1-19-13-7-11(4-5-12(13)15(17)18)14-6-2-3-10(8-14)9-16/h4-5,7,9-10H,2-3,6,8H2,1H3. The van der Waals surface area contributed by atoms with Crippen molar-refractivity contribution in [1.29, 1.82) is 0 Å². The number of carbonyl (C=O) groups is 1. The van der Waals surface area contributed by atoms with Crippen molar-refractivity contribution in [2.75, 3.05) is 25.1 Å². The van der Waals surface area contributed by atoms with Gasteiger partial charge in [0.25, 0.3) is 0 Å². The molecule has 0 spiro atoms. The average molecular weight is 264 g/mol. The summed E-state index contributed by atoms with van der Waals surface area (Å²) in [7, 11) is 1.41. The Morgan fingerprint density at radius 2 is 2.32 bits per heavy atom. The Labute approximate surface area is 111 Å². The molecule has 0 saturated carbocycles. The van der Waals surface area contributed by atoms with Crippen molar-refractivity contribution in [2.24, 2.45) is 5.92 Å². The van der Waals surface area contributed by atoms with Crippen LogP contribution >= 0.6 is 0 Å². The Kier molecular flexibility index (Phi) is 3.99. The van der Waals surface area contributed by atoms with Gasteiger partial charge in [0.15, 0.2) is 5.75 Å². The predicted octanol–water partition coefficient (Wildman–Crippen LogP) is 2.02. The van der Waals surface area contributed by atoms with E-state index < -0.39 is 4.92 Å². The molecule has 0 N–H and O–H groups in total.